The Morgan fingerprint density at radius 1 is 1.29 bits per heavy atom. The number of carbonyl (C=O) groups is 2. The van der Waals surface area contributed by atoms with Gasteiger partial charge in [-0.1, -0.05) is 0 Å². The van der Waals surface area contributed by atoms with Gasteiger partial charge in [0.2, 0.25) is 0 Å². The summed E-state index contributed by atoms with van der Waals surface area (Å²) in [7, 11) is 1.38. The number of hydrogen-bond donors (Lipinski definition) is 2. The zero-order valence-electron chi connectivity index (χ0n) is 16.1. The third-order valence-corrected chi connectivity index (χ3v) is 4.22. The van der Waals surface area contributed by atoms with Gasteiger partial charge in [0.15, 0.2) is 0 Å². The van der Waals surface area contributed by atoms with Crippen LogP contribution in [0.25, 0.3) is 5.69 Å². The second kappa shape index (κ2) is 7.86. The highest BCUT2D eigenvalue weighted by atomic mass is 19.4. The number of tetrazole rings is 1. The maximum atomic E-state index is 13.0. The topological polar surface area (TPSA) is 157 Å². The Morgan fingerprint density at radius 3 is 2.58 bits per heavy atom. The number of nitriles is 1. The molecule has 31 heavy (non-hydrogen) atoms. The Bertz CT molecular complexity index is 1220. The van der Waals surface area contributed by atoms with Crippen LogP contribution in [0.2, 0.25) is 0 Å². The second-order valence-corrected chi connectivity index (χ2v) is 6.34. The van der Waals surface area contributed by atoms with Gasteiger partial charge in [-0.15, -0.1) is 5.10 Å². The number of nitrogens with two attached hydrogens (primary N) is 1. The maximum Gasteiger partial charge on any atom is 0.453 e. The minimum Gasteiger partial charge on any atom is -0.364 e. The van der Waals surface area contributed by atoms with E-state index in [1.54, 1.807) is 6.92 Å². The fraction of sp³-hybridized carbons (Fsp3) is 0.235. The van der Waals surface area contributed by atoms with E-state index in [9.17, 15) is 28.0 Å². The van der Waals surface area contributed by atoms with Crippen LogP contribution in [-0.4, -0.2) is 48.8 Å². The molecular formula is C17H14F3N9O2. The summed E-state index contributed by atoms with van der Waals surface area (Å²) >= 11 is 0. The van der Waals surface area contributed by atoms with Crippen LogP contribution in [0.1, 0.15) is 43.5 Å². The molecule has 2 aromatic heterocycles. The highest BCUT2D eigenvalue weighted by molar-refractivity contribution is 5.99. The van der Waals surface area contributed by atoms with E-state index in [1.807, 2.05) is 6.07 Å². The molecule has 160 valence electrons. The number of amides is 2. The average Bonchev–Trinajstić information content (AvgIpc) is 3.33. The van der Waals surface area contributed by atoms with Crippen LogP contribution in [0, 0.1) is 18.3 Å². The van der Waals surface area contributed by atoms with E-state index >= 15 is 0 Å². The summed E-state index contributed by atoms with van der Waals surface area (Å²) in [5.74, 6) is -2.84. The molecule has 0 aliphatic heterocycles. The molecule has 0 radical (unpaired) electrons. The highest BCUT2D eigenvalue weighted by Gasteiger charge is 2.38. The number of halogens is 3. The number of primary amides is 1. The molecule has 3 N–H and O–H groups in total. The van der Waals surface area contributed by atoms with E-state index < -0.39 is 30.4 Å². The zero-order valence-corrected chi connectivity index (χ0v) is 16.1. The summed E-state index contributed by atoms with van der Waals surface area (Å²) < 4.78 is 40.6. The maximum absolute atomic E-state index is 13.0. The molecule has 3 rings (SSSR count). The van der Waals surface area contributed by atoms with Gasteiger partial charge in [0, 0.05) is 7.05 Å². The molecule has 0 saturated heterocycles. The van der Waals surface area contributed by atoms with Crippen molar-refractivity contribution < 1.29 is 22.8 Å². The lowest BCUT2D eigenvalue weighted by atomic mass is 10.0. The molecule has 0 saturated carbocycles. The number of nitrogens with zero attached hydrogens (tertiary/aromatic N) is 7. The summed E-state index contributed by atoms with van der Waals surface area (Å²) in [6.07, 6.45) is -4.80. The Hall–Kier alpha value is -4.28. The summed E-state index contributed by atoms with van der Waals surface area (Å²) in [5.41, 5.74) is 5.99. The fourth-order valence-corrected chi connectivity index (χ4v) is 2.95. The first-order valence-electron chi connectivity index (χ1n) is 8.56. The minimum atomic E-state index is -4.80. The van der Waals surface area contributed by atoms with Gasteiger partial charge in [0.1, 0.15) is 5.69 Å². The molecule has 2 heterocycles. The van der Waals surface area contributed by atoms with Gasteiger partial charge in [-0.25, -0.2) is 9.36 Å². The van der Waals surface area contributed by atoms with Crippen molar-refractivity contribution in [2.45, 2.75) is 19.6 Å². The van der Waals surface area contributed by atoms with E-state index in [-0.39, 0.29) is 28.2 Å². The molecule has 0 unspecified atom stereocenters. The molecule has 0 spiro atoms. The van der Waals surface area contributed by atoms with Crippen molar-refractivity contribution in [1.29, 1.82) is 5.26 Å². The van der Waals surface area contributed by atoms with Crippen molar-refractivity contribution >= 4 is 11.8 Å². The lowest BCUT2D eigenvalue weighted by Gasteiger charge is -2.14. The molecule has 0 atom stereocenters. The molecule has 0 aliphatic rings. The molecule has 3 aromatic rings. The lowest BCUT2D eigenvalue weighted by molar-refractivity contribution is -0.147. The Morgan fingerprint density at radius 2 is 2.00 bits per heavy atom. The SMILES string of the molecule is CNC(=O)c1cc(C#N)cc(C)c1-n1nc(Cn2nnnc2C(F)(F)F)cc1C(N)=O. The molecule has 0 bridgehead atoms. The van der Waals surface area contributed by atoms with Gasteiger partial charge in [0.05, 0.1) is 35.1 Å². The molecule has 1 aromatic carbocycles. The zero-order chi connectivity index (χ0) is 22.9. The summed E-state index contributed by atoms with van der Waals surface area (Å²) in [5, 5.41) is 25.1. The van der Waals surface area contributed by atoms with Crippen molar-refractivity contribution in [1.82, 2.24) is 35.3 Å². The van der Waals surface area contributed by atoms with Crippen molar-refractivity contribution in [2.24, 2.45) is 5.73 Å². The van der Waals surface area contributed by atoms with Crippen LogP contribution in [-0.2, 0) is 12.7 Å². The third-order valence-electron chi connectivity index (χ3n) is 4.22. The van der Waals surface area contributed by atoms with Crippen LogP contribution in [0.5, 0.6) is 0 Å². The monoisotopic (exact) mass is 433 g/mol. The lowest BCUT2D eigenvalue weighted by Crippen LogP contribution is -2.23. The normalized spacial score (nSPS) is 11.2. The molecule has 0 fully saturated rings. The summed E-state index contributed by atoms with van der Waals surface area (Å²) in [6, 6.07) is 5.87. The predicted molar refractivity (Wildman–Crippen MR) is 96.8 cm³/mol. The largest absolute Gasteiger partial charge is 0.453 e. The van der Waals surface area contributed by atoms with Gasteiger partial charge in [-0.2, -0.15) is 23.5 Å². The van der Waals surface area contributed by atoms with Crippen LogP contribution in [0.4, 0.5) is 13.2 Å². The first-order valence-corrected chi connectivity index (χ1v) is 8.56. The third kappa shape index (κ3) is 4.06. The first-order chi connectivity index (χ1) is 14.6. The van der Waals surface area contributed by atoms with E-state index in [4.69, 9.17) is 5.73 Å². The number of alkyl halides is 3. The molecule has 14 heteroatoms. The van der Waals surface area contributed by atoms with Gasteiger partial charge < -0.3 is 11.1 Å². The average molecular weight is 433 g/mol. The van der Waals surface area contributed by atoms with Gasteiger partial charge >= 0.3 is 6.18 Å². The van der Waals surface area contributed by atoms with Crippen molar-refractivity contribution in [3.8, 4) is 11.8 Å². The van der Waals surface area contributed by atoms with Gasteiger partial charge in [0.25, 0.3) is 17.6 Å². The molecule has 11 nitrogen and oxygen atoms in total. The van der Waals surface area contributed by atoms with E-state index in [2.05, 4.69) is 25.9 Å². The number of rotatable bonds is 5. The van der Waals surface area contributed by atoms with Crippen LogP contribution in [0.3, 0.4) is 0 Å². The van der Waals surface area contributed by atoms with E-state index in [0.717, 1.165) is 4.68 Å². The van der Waals surface area contributed by atoms with Crippen molar-refractivity contribution in [2.75, 3.05) is 7.05 Å². The number of benzene rings is 1. The van der Waals surface area contributed by atoms with E-state index in [1.165, 1.54) is 25.2 Å². The van der Waals surface area contributed by atoms with E-state index in [0.29, 0.717) is 10.2 Å². The molecule has 0 aliphatic carbocycles. The smallest absolute Gasteiger partial charge is 0.364 e. The summed E-state index contributed by atoms with van der Waals surface area (Å²) in [4.78, 5) is 24.4. The highest BCUT2D eigenvalue weighted by Crippen LogP contribution is 2.27. The Labute approximate surface area is 172 Å². The second-order valence-electron chi connectivity index (χ2n) is 6.34. The van der Waals surface area contributed by atoms with Crippen molar-refractivity contribution in [3.05, 3.63) is 52.1 Å². The predicted octanol–water partition coefficient (Wildman–Crippen LogP) is 0.564. The number of hydrogen-bond acceptors (Lipinski definition) is 7. The number of carbonyl (C=O) groups excluding carboxylic acids is 2. The van der Waals surface area contributed by atoms with Crippen LogP contribution >= 0.6 is 0 Å². The van der Waals surface area contributed by atoms with Gasteiger partial charge in [-0.3, -0.25) is 9.59 Å². The number of nitrogens with one attached hydrogen (secondary N) is 1. The standard InChI is InChI=1S/C17H14F3N9O2/c1-8-3-9(6-21)4-11(15(31)23-2)13(8)29-12(14(22)30)5-10(25-29)7-28-16(17(18,19)20)24-26-27-28/h3-5H,7H2,1-2H3,(H2,22,30)(H,23,31). The van der Waals surface area contributed by atoms with Gasteiger partial charge in [-0.05, 0) is 41.1 Å². The quantitative estimate of drug-likeness (QED) is 0.595. The minimum absolute atomic E-state index is 0.0155. The Kier molecular flexibility index (Phi) is 5.43. The summed E-state index contributed by atoms with van der Waals surface area (Å²) in [6.45, 7) is 1.07. The first kappa shape index (κ1) is 21.4. The van der Waals surface area contributed by atoms with Crippen molar-refractivity contribution in [3.63, 3.8) is 0 Å². The fourth-order valence-electron chi connectivity index (χ4n) is 2.95. The van der Waals surface area contributed by atoms with Crippen LogP contribution in [0.15, 0.2) is 18.2 Å². The van der Waals surface area contributed by atoms with Crippen LogP contribution < -0.4 is 11.1 Å². The number of aromatic nitrogens is 6. The molecular weight excluding hydrogens is 419 g/mol. The Balaban J connectivity index is 2.18. The molecule has 2 amide bonds. The number of aryl methyl sites for hydroxylation is 1.